The molecule has 0 radical (unpaired) electrons. The van der Waals surface area contributed by atoms with Crippen molar-refractivity contribution in [3.05, 3.63) is 64.5 Å². The van der Waals surface area contributed by atoms with E-state index in [1.807, 2.05) is 0 Å². The molecule has 0 aromatic carbocycles. The highest BCUT2D eigenvalue weighted by molar-refractivity contribution is 6.28. The van der Waals surface area contributed by atoms with Crippen LogP contribution in [0.25, 0.3) is 5.52 Å². The molecule has 9 nitrogen and oxygen atoms in total. The van der Waals surface area contributed by atoms with Crippen molar-refractivity contribution in [2.75, 3.05) is 6.54 Å². The van der Waals surface area contributed by atoms with E-state index in [1.165, 1.54) is 41.3 Å². The number of rotatable bonds is 2. The molecule has 0 bridgehead atoms. The van der Waals surface area contributed by atoms with Gasteiger partial charge in [-0.05, 0) is 29.8 Å². The number of amides is 1. The van der Waals surface area contributed by atoms with Gasteiger partial charge in [0.15, 0.2) is 0 Å². The maximum absolute atomic E-state index is 13.5. The zero-order chi connectivity index (χ0) is 21.9. The van der Waals surface area contributed by atoms with Gasteiger partial charge in [-0.2, -0.15) is 23.3 Å². The molecule has 1 aliphatic rings. The number of hydrogen-bond donors (Lipinski definition) is 1. The van der Waals surface area contributed by atoms with Gasteiger partial charge in [0.1, 0.15) is 6.04 Å². The second kappa shape index (κ2) is 6.80. The molecule has 1 amide bonds. The van der Waals surface area contributed by atoms with Crippen LogP contribution in [0.3, 0.4) is 0 Å². The molecular formula is C18H14ClF3N8O. The Morgan fingerprint density at radius 1 is 1.32 bits per heavy atom. The molecule has 31 heavy (non-hydrogen) atoms. The lowest BCUT2D eigenvalue weighted by Crippen LogP contribution is -2.42. The maximum Gasteiger partial charge on any atom is 0.418 e. The Morgan fingerprint density at radius 2 is 2.13 bits per heavy atom. The largest absolute Gasteiger partial charge is 0.418 e. The van der Waals surface area contributed by atoms with Crippen molar-refractivity contribution in [2.45, 2.75) is 18.6 Å². The molecule has 4 aromatic heterocycles. The highest BCUT2D eigenvalue weighted by Gasteiger charge is 2.39. The summed E-state index contributed by atoms with van der Waals surface area (Å²) >= 11 is 5.83. The molecule has 0 saturated carbocycles. The van der Waals surface area contributed by atoms with Crippen LogP contribution >= 0.6 is 11.6 Å². The zero-order valence-electron chi connectivity index (χ0n) is 15.9. The van der Waals surface area contributed by atoms with E-state index in [4.69, 9.17) is 11.6 Å². The van der Waals surface area contributed by atoms with Gasteiger partial charge in [0, 0.05) is 31.9 Å². The Morgan fingerprint density at radius 3 is 2.84 bits per heavy atom. The fourth-order valence-corrected chi connectivity index (χ4v) is 4.06. The Kier molecular flexibility index (Phi) is 4.29. The maximum atomic E-state index is 13.5. The number of nitrogens with zero attached hydrogens (tertiary/aromatic N) is 7. The first-order chi connectivity index (χ1) is 14.7. The van der Waals surface area contributed by atoms with Crippen molar-refractivity contribution in [1.82, 2.24) is 39.2 Å². The van der Waals surface area contributed by atoms with Crippen molar-refractivity contribution in [2.24, 2.45) is 7.05 Å². The summed E-state index contributed by atoms with van der Waals surface area (Å²) < 4.78 is 42.8. The van der Waals surface area contributed by atoms with Crippen LogP contribution in [0.5, 0.6) is 0 Å². The molecule has 0 spiro atoms. The Balaban J connectivity index is 1.66. The van der Waals surface area contributed by atoms with Gasteiger partial charge in [-0.1, -0.05) is 0 Å². The van der Waals surface area contributed by atoms with Crippen LogP contribution in [-0.4, -0.2) is 51.7 Å². The van der Waals surface area contributed by atoms with E-state index in [-0.39, 0.29) is 28.9 Å². The molecule has 0 aliphatic carbocycles. The number of fused-ring (bicyclic) bond motifs is 2. The highest BCUT2D eigenvalue weighted by Crippen LogP contribution is 2.37. The summed E-state index contributed by atoms with van der Waals surface area (Å²) in [4.78, 5) is 26.1. The molecule has 4 aromatic rings. The number of carbonyl (C=O) groups is 1. The molecule has 5 heterocycles. The van der Waals surface area contributed by atoms with Gasteiger partial charge in [-0.25, -0.2) is 14.2 Å². The first-order valence-corrected chi connectivity index (χ1v) is 9.57. The molecule has 0 saturated heterocycles. The van der Waals surface area contributed by atoms with Gasteiger partial charge in [0.05, 0.1) is 28.8 Å². The molecule has 0 fully saturated rings. The molecule has 160 valence electrons. The molecule has 1 unspecified atom stereocenters. The second-order valence-electron chi connectivity index (χ2n) is 7.06. The van der Waals surface area contributed by atoms with Gasteiger partial charge >= 0.3 is 6.18 Å². The molecule has 13 heteroatoms. The third kappa shape index (κ3) is 3.14. The monoisotopic (exact) mass is 450 g/mol. The summed E-state index contributed by atoms with van der Waals surface area (Å²) in [6, 6.07) is 2.80. The summed E-state index contributed by atoms with van der Waals surface area (Å²) in [5, 5.41) is 8.15. The normalized spacial score (nSPS) is 16.7. The average molecular weight is 451 g/mol. The minimum atomic E-state index is -4.55. The lowest BCUT2D eigenvalue weighted by molar-refractivity contribution is -0.136. The number of imidazole rings is 1. The molecule has 1 N–H and O–H groups in total. The van der Waals surface area contributed by atoms with E-state index in [2.05, 4.69) is 25.1 Å². The first kappa shape index (κ1) is 19.5. The SMILES string of the molecule is Cn1nc(Cl)nc1C(=O)N1CCc2[nH]cnc2C1c1cc2c(C(F)(F)F)cccn2n1. The van der Waals surface area contributed by atoms with Crippen LogP contribution in [-0.2, 0) is 19.6 Å². The van der Waals surface area contributed by atoms with Crippen LogP contribution in [0.4, 0.5) is 13.2 Å². The highest BCUT2D eigenvalue weighted by atomic mass is 35.5. The number of H-pyrrole nitrogens is 1. The van der Waals surface area contributed by atoms with Crippen molar-refractivity contribution in [1.29, 1.82) is 0 Å². The molecular weight excluding hydrogens is 437 g/mol. The van der Waals surface area contributed by atoms with Crippen LogP contribution in [0.15, 0.2) is 30.7 Å². The first-order valence-electron chi connectivity index (χ1n) is 9.19. The zero-order valence-corrected chi connectivity index (χ0v) is 16.7. The van der Waals surface area contributed by atoms with Crippen LogP contribution in [0.1, 0.15) is 39.3 Å². The Bertz CT molecular complexity index is 1310. The van der Waals surface area contributed by atoms with Crippen molar-refractivity contribution in [3.8, 4) is 0 Å². The summed E-state index contributed by atoms with van der Waals surface area (Å²) in [7, 11) is 1.53. The minimum absolute atomic E-state index is 0.00808. The minimum Gasteiger partial charge on any atom is -0.348 e. The van der Waals surface area contributed by atoms with Crippen LogP contribution in [0, 0.1) is 0 Å². The number of alkyl halides is 3. The predicted molar refractivity (Wildman–Crippen MR) is 101 cm³/mol. The fourth-order valence-electron chi connectivity index (χ4n) is 3.87. The third-order valence-electron chi connectivity index (χ3n) is 5.22. The van der Waals surface area contributed by atoms with Gasteiger partial charge in [0.2, 0.25) is 11.1 Å². The standard InChI is InChI=1S/C18H14ClF3N8O/c1-28-15(25-17(19)27-28)16(31)29-6-4-10-13(24-8-23-10)14(29)11-7-12-9(18(20,21)22)3-2-5-30(12)26-11/h2-3,5,7-8,14H,4,6H2,1H3,(H,23,24). The number of carbonyl (C=O) groups excluding carboxylic acids is 1. The van der Waals surface area contributed by atoms with Crippen LogP contribution in [0.2, 0.25) is 5.28 Å². The van der Waals surface area contributed by atoms with Gasteiger partial charge in [-0.3, -0.25) is 4.79 Å². The lowest BCUT2D eigenvalue weighted by atomic mass is 9.99. The van der Waals surface area contributed by atoms with E-state index in [9.17, 15) is 18.0 Å². The number of hydrogen-bond acceptors (Lipinski definition) is 5. The van der Waals surface area contributed by atoms with Crippen LogP contribution < -0.4 is 0 Å². The average Bonchev–Trinajstić information content (AvgIpc) is 3.42. The summed E-state index contributed by atoms with van der Waals surface area (Å²) in [5.74, 6) is -0.470. The molecule has 1 aliphatic heterocycles. The smallest absolute Gasteiger partial charge is 0.348 e. The summed E-state index contributed by atoms with van der Waals surface area (Å²) in [6.45, 7) is 0.281. The topological polar surface area (TPSA) is 97.0 Å². The number of pyridine rings is 1. The van der Waals surface area contributed by atoms with Crippen molar-refractivity contribution in [3.63, 3.8) is 0 Å². The van der Waals surface area contributed by atoms with E-state index in [0.29, 0.717) is 12.1 Å². The van der Waals surface area contributed by atoms with Gasteiger partial charge in [0.25, 0.3) is 5.91 Å². The Hall–Kier alpha value is -3.41. The third-order valence-corrected chi connectivity index (χ3v) is 5.38. The predicted octanol–water partition coefficient (Wildman–Crippen LogP) is 2.65. The second-order valence-corrected chi connectivity index (χ2v) is 7.40. The number of aromatic nitrogens is 7. The van der Waals surface area contributed by atoms with Gasteiger partial charge in [-0.15, -0.1) is 5.10 Å². The quantitative estimate of drug-likeness (QED) is 0.506. The van der Waals surface area contributed by atoms with E-state index < -0.39 is 23.7 Å². The summed E-state index contributed by atoms with van der Waals surface area (Å²) in [6.07, 6.45) is -1.14. The Labute approximate surface area is 177 Å². The summed E-state index contributed by atoms with van der Waals surface area (Å²) in [5.41, 5.74) is 0.640. The number of halogens is 4. The van der Waals surface area contributed by atoms with Gasteiger partial charge < -0.3 is 9.88 Å². The molecule has 5 rings (SSSR count). The number of nitrogens with one attached hydrogen (secondary N) is 1. The van der Waals surface area contributed by atoms with Crippen molar-refractivity contribution < 1.29 is 18.0 Å². The van der Waals surface area contributed by atoms with E-state index in [0.717, 1.165) is 16.3 Å². The number of aryl methyl sites for hydroxylation is 1. The fraction of sp³-hybridized carbons (Fsp3) is 0.278. The van der Waals surface area contributed by atoms with E-state index in [1.54, 1.807) is 0 Å². The van der Waals surface area contributed by atoms with Crippen molar-refractivity contribution >= 4 is 23.0 Å². The molecule has 1 atom stereocenters. The number of aromatic amines is 1. The van der Waals surface area contributed by atoms with E-state index >= 15 is 0 Å². The lowest BCUT2D eigenvalue weighted by Gasteiger charge is -2.33.